The first kappa shape index (κ1) is 19.6. The smallest absolute Gasteiger partial charge is 0.307 e. The van der Waals surface area contributed by atoms with Crippen molar-refractivity contribution in [3.8, 4) is 0 Å². The maximum Gasteiger partial charge on any atom is 0.307 e. The van der Waals surface area contributed by atoms with E-state index in [1.807, 2.05) is 30.3 Å². The summed E-state index contributed by atoms with van der Waals surface area (Å²) in [6.07, 6.45) is -0.709. The second kappa shape index (κ2) is 9.70. The summed E-state index contributed by atoms with van der Waals surface area (Å²) in [5.41, 5.74) is 0.377. The van der Waals surface area contributed by atoms with Crippen LogP contribution in [0.4, 0.5) is 5.69 Å². The van der Waals surface area contributed by atoms with Crippen molar-refractivity contribution in [2.45, 2.75) is 24.3 Å². The van der Waals surface area contributed by atoms with Crippen LogP contribution in [-0.4, -0.2) is 23.7 Å². The van der Waals surface area contributed by atoms with Gasteiger partial charge in [-0.1, -0.05) is 47.5 Å². The molecular formula is C18H17Cl2NO3S. The molecule has 1 N–H and O–H groups in total. The summed E-state index contributed by atoms with van der Waals surface area (Å²) in [5.74, 6) is -0.311. The number of esters is 1. The van der Waals surface area contributed by atoms with Crippen LogP contribution in [0.2, 0.25) is 10.0 Å². The number of hydrogen-bond donors (Lipinski definition) is 1. The molecule has 0 aromatic heterocycles. The van der Waals surface area contributed by atoms with Crippen LogP contribution in [0, 0.1) is 0 Å². The highest BCUT2D eigenvalue weighted by atomic mass is 35.5. The fourth-order valence-electron chi connectivity index (χ4n) is 1.91. The summed E-state index contributed by atoms with van der Waals surface area (Å²) in [6, 6.07) is 14.7. The summed E-state index contributed by atoms with van der Waals surface area (Å²) >= 11 is 13.5. The van der Waals surface area contributed by atoms with E-state index in [-0.39, 0.29) is 11.4 Å². The van der Waals surface area contributed by atoms with Gasteiger partial charge in [0.1, 0.15) is 0 Å². The number of nitrogens with one attached hydrogen (secondary N) is 1. The van der Waals surface area contributed by atoms with E-state index in [1.165, 1.54) is 6.92 Å². The predicted octanol–water partition coefficient (Wildman–Crippen LogP) is 5.05. The van der Waals surface area contributed by atoms with E-state index >= 15 is 0 Å². The number of carbonyl (C=O) groups excluding carboxylic acids is 2. The Bertz CT molecular complexity index is 740. The Morgan fingerprint density at radius 2 is 1.84 bits per heavy atom. The molecule has 1 atom stereocenters. The fourth-order valence-corrected chi connectivity index (χ4v) is 3.12. The molecule has 132 valence electrons. The Hall–Kier alpha value is -1.69. The normalized spacial score (nSPS) is 11.6. The quantitative estimate of drug-likeness (QED) is 0.524. The van der Waals surface area contributed by atoms with Gasteiger partial charge in [0.25, 0.3) is 5.91 Å². The Balaban J connectivity index is 1.78. The van der Waals surface area contributed by atoms with Crippen molar-refractivity contribution in [2.75, 3.05) is 11.1 Å². The summed E-state index contributed by atoms with van der Waals surface area (Å²) in [6.45, 7) is 1.51. The van der Waals surface area contributed by atoms with Gasteiger partial charge in [0.05, 0.1) is 22.2 Å². The van der Waals surface area contributed by atoms with E-state index in [2.05, 4.69) is 5.32 Å². The van der Waals surface area contributed by atoms with Gasteiger partial charge in [0, 0.05) is 10.6 Å². The van der Waals surface area contributed by atoms with Crippen LogP contribution in [0.3, 0.4) is 0 Å². The average molecular weight is 398 g/mol. The first-order chi connectivity index (χ1) is 12.0. The topological polar surface area (TPSA) is 55.4 Å². The second-order valence-electron chi connectivity index (χ2n) is 5.13. The molecule has 4 nitrogen and oxygen atoms in total. The predicted molar refractivity (Wildman–Crippen MR) is 102 cm³/mol. The molecule has 0 saturated heterocycles. The number of thioether (sulfide) groups is 1. The van der Waals surface area contributed by atoms with Gasteiger partial charge < -0.3 is 10.1 Å². The lowest BCUT2D eigenvalue weighted by molar-refractivity contribution is -0.152. The highest BCUT2D eigenvalue weighted by molar-refractivity contribution is 7.99. The molecule has 2 aromatic rings. The van der Waals surface area contributed by atoms with Crippen molar-refractivity contribution in [3.63, 3.8) is 0 Å². The number of hydrogen-bond acceptors (Lipinski definition) is 4. The van der Waals surface area contributed by atoms with Gasteiger partial charge in [-0.05, 0) is 31.2 Å². The number of anilines is 1. The van der Waals surface area contributed by atoms with Gasteiger partial charge in [-0.2, -0.15) is 0 Å². The zero-order valence-electron chi connectivity index (χ0n) is 13.5. The molecular weight excluding hydrogens is 381 g/mol. The third-order valence-corrected chi connectivity index (χ3v) is 5.04. The molecule has 0 fully saturated rings. The summed E-state index contributed by atoms with van der Waals surface area (Å²) in [4.78, 5) is 25.1. The molecule has 2 rings (SSSR count). The maximum atomic E-state index is 12.1. The third-order valence-electron chi connectivity index (χ3n) is 3.21. The molecule has 0 spiro atoms. The Kier molecular flexibility index (Phi) is 7.62. The fraction of sp³-hybridized carbons (Fsp3) is 0.222. The molecule has 0 aliphatic carbocycles. The van der Waals surface area contributed by atoms with Crippen molar-refractivity contribution >= 4 is 52.5 Å². The van der Waals surface area contributed by atoms with Crippen LogP contribution in [-0.2, 0) is 14.3 Å². The standard InChI is InChI=1S/C18H17Cl2NO3S/c1-12(18(23)21-15-9-5-8-14(19)17(15)20)24-16(22)10-11-25-13-6-3-2-4-7-13/h2-9,12H,10-11H2,1H3,(H,21,23). The van der Waals surface area contributed by atoms with Crippen LogP contribution < -0.4 is 5.32 Å². The SMILES string of the molecule is CC(OC(=O)CCSc1ccccc1)C(=O)Nc1cccc(Cl)c1Cl. The van der Waals surface area contributed by atoms with E-state index in [9.17, 15) is 9.59 Å². The largest absolute Gasteiger partial charge is 0.453 e. The number of ether oxygens (including phenoxy) is 1. The molecule has 2 aromatic carbocycles. The minimum Gasteiger partial charge on any atom is -0.453 e. The van der Waals surface area contributed by atoms with E-state index in [1.54, 1.807) is 30.0 Å². The number of rotatable bonds is 7. The Labute approximate surface area is 160 Å². The molecule has 0 heterocycles. The lowest BCUT2D eigenvalue weighted by atomic mass is 10.3. The summed E-state index contributed by atoms with van der Waals surface area (Å²) in [7, 11) is 0. The average Bonchev–Trinajstić information content (AvgIpc) is 2.59. The van der Waals surface area contributed by atoms with Gasteiger partial charge >= 0.3 is 5.97 Å². The third kappa shape index (κ3) is 6.27. The number of halogens is 2. The van der Waals surface area contributed by atoms with Gasteiger partial charge in [-0.15, -0.1) is 11.8 Å². The van der Waals surface area contributed by atoms with E-state index in [4.69, 9.17) is 27.9 Å². The monoisotopic (exact) mass is 397 g/mol. The van der Waals surface area contributed by atoms with Crippen molar-refractivity contribution in [1.82, 2.24) is 0 Å². The summed E-state index contributed by atoms with van der Waals surface area (Å²) in [5, 5.41) is 3.18. The minimum absolute atomic E-state index is 0.217. The molecule has 7 heteroatoms. The molecule has 1 unspecified atom stereocenters. The second-order valence-corrected chi connectivity index (χ2v) is 7.09. The van der Waals surface area contributed by atoms with Gasteiger partial charge in [-0.25, -0.2) is 0 Å². The lowest BCUT2D eigenvalue weighted by Gasteiger charge is -2.14. The van der Waals surface area contributed by atoms with Gasteiger partial charge in [0.2, 0.25) is 0 Å². The molecule has 25 heavy (non-hydrogen) atoms. The highest BCUT2D eigenvalue weighted by Crippen LogP contribution is 2.29. The summed E-state index contributed by atoms with van der Waals surface area (Å²) < 4.78 is 5.15. The van der Waals surface area contributed by atoms with Gasteiger partial charge in [-0.3, -0.25) is 9.59 Å². The molecule has 0 bridgehead atoms. The first-order valence-electron chi connectivity index (χ1n) is 7.59. The lowest BCUT2D eigenvalue weighted by Crippen LogP contribution is -2.30. The maximum absolute atomic E-state index is 12.1. The molecule has 0 radical (unpaired) electrons. The first-order valence-corrected chi connectivity index (χ1v) is 9.33. The molecule has 0 aliphatic rings. The van der Waals surface area contributed by atoms with Crippen LogP contribution in [0.15, 0.2) is 53.4 Å². The van der Waals surface area contributed by atoms with Crippen molar-refractivity contribution in [1.29, 1.82) is 0 Å². The van der Waals surface area contributed by atoms with Crippen molar-refractivity contribution < 1.29 is 14.3 Å². The minimum atomic E-state index is -0.927. The molecule has 0 aliphatic heterocycles. The zero-order valence-corrected chi connectivity index (χ0v) is 15.8. The van der Waals surface area contributed by atoms with Crippen molar-refractivity contribution in [2.24, 2.45) is 0 Å². The van der Waals surface area contributed by atoms with Crippen LogP contribution in [0.25, 0.3) is 0 Å². The molecule has 0 saturated carbocycles. The molecule has 1 amide bonds. The van der Waals surface area contributed by atoms with E-state index in [0.717, 1.165) is 4.90 Å². The van der Waals surface area contributed by atoms with Crippen molar-refractivity contribution in [3.05, 3.63) is 58.6 Å². The Morgan fingerprint density at radius 1 is 1.12 bits per heavy atom. The van der Waals surface area contributed by atoms with Crippen LogP contribution >= 0.6 is 35.0 Å². The number of carbonyl (C=O) groups is 2. The van der Waals surface area contributed by atoms with E-state index < -0.39 is 18.0 Å². The Morgan fingerprint density at radius 3 is 2.56 bits per heavy atom. The number of benzene rings is 2. The van der Waals surface area contributed by atoms with Gasteiger partial charge in [0.15, 0.2) is 6.10 Å². The van der Waals surface area contributed by atoms with Crippen LogP contribution in [0.5, 0.6) is 0 Å². The highest BCUT2D eigenvalue weighted by Gasteiger charge is 2.19. The van der Waals surface area contributed by atoms with Crippen LogP contribution in [0.1, 0.15) is 13.3 Å². The van der Waals surface area contributed by atoms with E-state index in [0.29, 0.717) is 16.5 Å². The zero-order chi connectivity index (χ0) is 18.2. The number of amides is 1.